The highest BCUT2D eigenvalue weighted by Crippen LogP contribution is 2.31. The van der Waals surface area contributed by atoms with E-state index in [-0.39, 0.29) is 0 Å². The molecule has 106 valence electrons. The predicted molar refractivity (Wildman–Crippen MR) is 82.5 cm³/mol. The summed E-state index contributed by atoms with van der Waals surface area (Å²) in [4.78, 5) is 15.0. The van der Waals surface area contributed by atoms with E-state index in [4.69, 9.17) is 5.73 Å². The van der Waals surface area contributed by atoms with Crippen molar-refractivity contribution >= 4 is 33.8 Å². The average molecular weight is 290 g/mol. The number of nitrogens with one attached hydrogen (secondary N) is 1. The fourth-order valence-electron chi connectivity index (χ4n) is 2.34. The molecule has 0 unspecified atom stereocenters. The Morgan fingerprint density at radius 2 is 2.10 bits per heavy atom. The minimum Gasteiger partial charge on any atom is -0.393 e. The van der Waals surface area contributed by atoms with E-state index in [1.807, 2.05) is 5.38 Å². The zero-order chi connectivity index (χ0) is 13.9. The van der Waals surface area contributed by atoms with Crippen LogP contribution in [0.15, 0.2) is 17.9 Å². The van der Waals surface area contributed by atoms with Crippen LogP contribution in [0.2, 0.25) is 0 Å². The Morgan fingerprint density at radius 1 is 1.30 bits per heavy atom. The molecule has 0 spiro atoms. The molecule has 0 atom stereocenters. The van der Waals surface area contributed by atoms with Crippen molar-refractivity contribution < 1.29 is 0 Å². The van der Waals surface area contributed by atoms with Crippen LogP contribution in [-0.4, -0.2) is 28.0 Å². The molecule has 1 aliphatic rings. The Morgan fingerprint density at radius 3 is 2.80 bits per heavy atom. The largest absolute Gasteiger partial charge is 0.393 e. The van der Waals surface area contributed by atoms with E-state index < -0.39 is 0 Å². The van der Waals surface area contributed by atoms with Crippen molar-refractivity contribution in [1.29, 1.82) is 0 Å². The third-order valence-corrected chi connectivity index (χ3v) is 4.29. The van der Waals surface area contributed by atoms with Crippen LogP contribution in [-0.2, 0) is 0 Å². The first kappa shape index (κ1) is 13.1. The van der Waals surface area contributed by atoms with Crippen molar-refractivity contribution in [3.63, 3.8) is 0 Å². The molecule has 3 N–H and O–H groups in total. The van der Waals surface area contributed by atoms with E-state index in [1.165, 1.54) is 24.2 Å². The van der Waals surface area contributed by atoms with E-state index in [9.17, 15) is 0 Å². The lowest BCUT2D eigenvalue weighted by Gasteiger charge is -2.32. The normalized spacial score (nSPS) is 16.4. The lowest BCUT2D eigenvalue weighted by molar-refractivity contribution is 0.437. The van der Waals surface area contributed by atoms with Crippen molar-refractivity contribution in [3.8, 4) is 0 Å². The number of rotatable bonds is 3. The lowest BCUT2D eigenvalue weighted by atomic mass is 9.99. The van der Waals surface area contributed by atoms with Crippen molar-refractivity contribution in [2.75, 3.05) is 29.0 Å². The maximum absolute atomic E-state index is 6.21. The standard InChI is InChI=1S/C13H18N6S/c1-9-2-5-19(6-3-9)12-10(14)11(16-8-17-12)18-13-15-4-7-20-13/h4,7-9H,2-3,5-6,14H2,1H3,(H,15,16,17,18). The van der Waals surface area contributed by atoms with Crippen molar-refractivity contribution in [2.24, 2.45) is 5.92 Å². The van der Waals surface area contributed by atoms with E-state index in [0.29, 0.717) is 11.5 Å². The molecule has 20 heavy (non-hydrogen) atoms. The smallest absolute Gasteiger partial charge is 0.188 e. The number of nitrogens with two attached hydrogens (primary N) is 1. The van der Waals surface area contributed by atoms with Crippen LogP contribution in [0.25, 0.3) is 0 Å². The van der Waals surface area contributed by atoms with Gasteiger partial charge in [0.15, 0.2) is 16.8 Å². The lowest BCUT2D eigenvalue weighted by Crippen LogP contribution is -2.34. The molecule has 2 aromatic heterocycles. The van der Waals surface area contributed by atoms with Gasteiger partial charge in [-0.3, -0.25) is 0 Å². The van der Waals surface area contributed by atoms with Gasteiger partial charge in [-0.05, 0) is 18.8 Å². The highest BCUT2D eigenvalue weighted by Gasteiger charge is 2.20. The molecule has 3 heterocycles. The summed E-state index contributed by atoms with van der Waals surface area (Å²) in [6.07, 6.45) is 5.66. The van der Waals surface area contributed by atoms with Crippen LogP contribution in [0.1, 0.15) is 19.8 Å². The Kier molecular flexibility index (Phi) is 3.68. The summed E-state index contributed by atoms with van der Waals surface area (Å²) in [5.41, 5.74) is 6.81. The SMILES string of the molecule is CC1CCN(c2ncnc(Nc3nccs3)c2N)CC1. The molecule has 0 aromatic carbocycles. The van der Waals surface area contributed by atoms with Crippen LogP contribution in [0, 0.1) is 5.92 Å². The maximum Gasteiger partial charge on any atom is 0.188 e. The second kappa shape index (κ2) is 5.62. The van der Waals surface area contributed by atoms with E-state index >= 15 is 0 Å². The summed E-state index contributed by atoms with van der Waals surface area (Å²) < 4.78 is 0. The van der Waals surface area contributed by atoms with E-state index in [2.05, 4.69) is 32.1 Å². The van der Waals surface area contributed by atoms with Gasteiger partial charge in [0.2, 0.25) is 0 Å². The molecule has 0 radical (unpaired) electrons. The van der Waals surface area contributed by atoms with Gasteiger partial charge in [0.25, 0.3) is 0 Å². The third-order valence-electron chi connectivity index (χ3n) is 3.60. The molecule has 0 saturated carbocycles. The van der Waals surface area contributed by atoms with E-state index in [0.717, 1.165) is 30.0 Å². The first-order valence-electron chi connectivity index (χ1n) is 6.76. The van der Waals surface area contributed by atoms with Gasteiger partial charge in [-0.25, -0.2) is 15.0 Å². The third kappa shape index (κ3) is 2.67. The van der Waals surface area contributed by atoms with Crippen LogP contribution in [0.3, 0.4) is 0 Å². The average Bonchev–Trinajstić information content (AvgIpc) is 2.95. The molecule has 1 aliphatic heterocycles. The number of nitrogen functional groups attached to an aromatic ring is 1. The molecule has 1 saturated heterocycles. The fourth-order valence-corrected chi connectivity index (χ4v) is 2.87. The Hall–Kier alpha value is -1.89. The summed E-state index contributed by atoms with van der Waals surface area (Å²) in [5, 5.41) is 5.84. The first-order valence-corrected chi connectivity index (χ1v) is 7.64. The second-order valence-electron chi connectivity index (χ2n) is 5.09. The zero-order valence-electron chi connectivity index (χ0n) is 11.4. The van der Waals surface area contributed by atoms with Gasteiger partial charge < -0.3 is 16.0 Å². The highest BCUT2D eigenvalue weighted by atomic mass is 32.1. The van der Waals surface area contributed by atoms with Crippen LogP contribution in [0.5, 0.6) is 0 Å². The van der Waals surface area contributed by atoms with Crippen molar-refractivity contribution in [1.82, 2.24) is 15.0 Å². The van der Waals surface area contributed by atoms with Gasteiger partial charge in [-0.2, -0.15) is 0 Å². The summed E-state index contributed by atoms with van der Waals surface area (Å²) in [5.74, 6) is 2.23. The van der Waals surface area contributed by atoms with Gasteiger partial charge in [0.1, 0.15) is 12.0 Å². The molecule has 0 bridgehead atoms. The van der Waals surface area contributed by atoms with Crippen molar-refractivity contribution in [2.45, 2.75) is 19.8 Å². The number of hydrogen-bond donors (Lipinski definition) is 2. The Labute approximate surface area is 122 Å². The van der Waals surface area contributed by atoms with Gasteiger partial charge in [-0.1, -0.05) is 6.92 Å². The Bertz CT molecular complexity index is 562. The quantitative estimate of drug-likeness (QED) is 0.904. The van der Waals surface area contributed by atoms with Crippen LogP contribution < -0.4 is 16.0 Å². The first-order chi connectivity index (χ1) is 9.74. The molecular formula is C13H18N6S. The topological polar surface area (TPSA) is 80.0 Å². The number of thiazole rings is 1. The van der Waals surface area contributed by atoms with Gasteiger partial charge in [0.05, 0.1) is 0 Å². The number of hydrogen-bond acceptors (Lipinski definition) is 7. The molecule has 2 aromatic rings. The number of aromatic nitrogens is 3. The number of anilines is 4. The minimum absolute atomic E-state index is 0.595. The Balaban J connectivity index is 1.82. The molecule has 1 fully saturated rings. The second-order valence-corrected chi connectivity index (χ2v) is 5.99. The highest BCUT2D eigenvalue weighted by molar-refractivity contribution is 7.13. The van der Waals surface area contributed by atoms with Crippen LogP contribution in [0.4, 0.5) is 22.5 Å². The minimum atomic E-state index is 0.595. The summed E-state index contributed by atoms with van der Waals surface area (Å²) in [6.45, 7) is 4.29. The predicted octanol–water partition coefficient (Wildman–Crippen LogP) is 2.50. The molecule has 7 heteroatoms. The molecule has 0 amide bonds. The number of piperidine rings is 1. The van der Waals surface area contributed by atoms with Gasteiger partial charge >= 0.3 is 0 Å². The molecule has 6 nitrogen and oxygen atoms in total. The van der Waals surface area contributed by atoms with Gasteiger partial charge in [0, 0.05) is 24.7 Å². The maximum atomic E-state index is 6.21. The molecule has 0 aliphatic carbocycles. The zero-order valence-corrected chi connectivity index (χ0v) is 12.2. The van der Waals surface area contributed by atoms with Crippen LogP contribution >= 0.6 is 11.3 Å². The van der Waals surface area contributed by atoms with Crippen molar-refractivity contribution in [3.05, 3.63) is 17.9 Å². The van der Waals surface area contributed by atoms with E-state index in [1.54, 1.807) is 12.5 Å². The summed E-state index contributed by atoms with van der Waals surface area (Å²) in [6, 6.07) is 0. The number of nitrogens with zero attached hydrogens (tertiary/aromatic N) is 4. The monoisotopic (exact) mass is 290 g/mol. The molecule has 3 rings (SSSR count). The summed E-state index contributed by atoms with van der Waals surface area (Å²) >= 11 is 1.52. The molecular weight excluding hydrogens is 272 g/mol. The fraction of sp³-hybridized carbons (Fsp3) is 0.462. The summed E-state index contributed by atoms with van der Waals surface area (Å²) in [7, 11) is 0. The van der Waals surface area contributed by atoms with Gasteiger partial charge in [-0.15, -0.1) is 11.3 Å².